The van der Waals surface area contributed by atoms with Crippen molar-refractivity contribution in [2.45, 2.75) is 31.4 Å². The van der Waals surface area contributed by atoms with E-state index in [1.807, 2.05) is 25.2 Å². The molecular formula is C14H16ClN3O. The van der Waals surface area contributed by atoms with E-state index in [0.717, 1.165) is 36.0 Å². The second kappa shape index (κ2) is 4.94. The summed E-state index contributed by atoms with van der Waals surface area (Å²) in [7, 11) is 1.97. The Morgan fingerprint density at radius 2 is 2.16 bits per heavy atom. The molecule has 19 heavy (non-hydrogen) atoms. The number of aliphatic hydroxyl groups excluding tert-OH is 1. The van der Waals surface area contributed by atoms with Crippen molar-refractivity contribution >= 4 is 28.3 Å². The summed E-state index contributed by atoms with van der Waals surface area (Å²) in [4.78, 5) is 10.7. The molecule has 2 unspecified atom stereocenters. The number of aliphatic hydroxyl groups is 1. The van der Waals surface area contributed by atoms with Crippen LogP contribution in [0.2, 0.25) is 5.02 Å². The van der Waals surface area contributed by atoms with Crippen LogP contribution in [0.3, 0.4) is 0 Å². The molecule has 1 aliphatic carbocycles. The van der Waals surface area contributed by atoms with Crippen LogP contribution in [0.5, 0.6) is 0 Å². The van der Waals surface area contributed by atoms with Gasteiger partial charge in [0.05, 0.1) is 17.7 Å². The van der Waals surface area contributed by atoms with E-state index in [-0.39, 0.29) is 12.1 Å². The minimum atomic E-state index is -0.283. The molecule has 0 spiro atoms. The van der Waals surface area contributed by atoms with Crippen LogP contribution in [0.4, 0.5) is 5.82 Å². The van der Waals surface area contributed by atoms with Crippen molar-refractivity contribution in [3.8, 4) is 0 Å². The Morgan fingerprint density at radius 3 is 2.89 bits per heavy atom. The molecule has 0 aliphatic heterocycles. The molecular weight excluding hydrogens is 262 g/mol. The van der Waals surface area contributed by atoms with Gasteiger partial charge in [0.2, 0.25) is 0 Å². The van der Waals surface area contributed by atoms with Gasteiger partial charge in [-0.05, 0) is 37.5 Å². The average molecular weight is 278 g/mol. The molecule has 3 rings (SSSR count). The normalized spacial score (nSPS) is 22.9. The lowest BCUT2D eigenvalue weighted by atomic mass is 10.1. The van der Waals surface area contributed by atoms with Crippen molar-refractivity contribution in [3.63, 3.8) is 0 Å². The van der Waals surface area contributed by atoms with Gasteiger partial charge in [0.1, 0.15) is 12.1 Å². The molecule has 1 N–H and O–H groups in total. The van der Waals surface area contributed by atoms with Crippen molar-refractivity contribution in [1.29, 1.82) is 0 Å². The standard InChI is InChI=1S/C14H16ClN3O/c1-18(12-3-2-4-13(12)19)14-10-7-9(15)5-6-11(10)16-8-17-14/h5-8,12-13,19H,2-4H2,1H3. The van der Waals surface area contributed by atoms with Gasteiger partial charge < -0.3 is 10.0 Å². The molecule has 1 aromatic heterocycles. The lowest BCUT2D eigenvalue weighted by molar-refractivity contribution is 0.163. The Bertz CT molecular complexity index is 604. The molecule has 0 amide bonds. The smallest absolute Gasteiger partial charge is 0.140 e. The quantitative estimate of drug-likeness (QED) is 0.917. The van der Waals surface area contributed by atoms with Crippen molar-refractivity contribution in [2.75, 3.05) is 11.9 Å². The van der Waals surface area contributed by atoms with E-state index in [9.17, 15) is 5.11 Å². The highest BCUT2D eigenvalue weighted by molar-refractivity contribution is 6.31. The molecule has 1 saturated carbocycles. The van der Waals surface area contributed by atoms with Gasteiger partial charge in [-0.1, -0.05) is 11.6 Å². The Morgan fingerprint density at radius 1 is 1.32 bits per heavy atom. The lowest BCUT2D eigenvalue weighted by Crippen LogP contribution is -2.38. The first-order valence-corrected chi connectivity index (χ1v) is 6.86. The second-order valence-electron chi connectivity index (χ2n) is 5.04. The molecule has 0 radical (unpaired) electrons. The number of nitrogens with zero attached hydrogens (tertiary/aromatic N) is 3. The summed E-state index contributed by atoms with van der Waals surface area (Å²) in [6.07, 6.45) is 4.18. The lowest BCUT2D eigenvalue weighted by Gasteiger charge is -2.28. The number of hydrogen-bond acceptors (Lipinski definition) is 4. The number of benzene rings is 1. The fraction of sp³-hybridized carbons (Fsp3) is 0.429. The Balaban J connectivity index is 2.06. The van der Waals surface area contributed by atoms with Crippen LogP contribution in [-0.2, 0) is 0 Å². The molecule has 1 fully saturated rings. The zero-order valence-electron chi connectivity index (χ0n) is 10.8. The van der Waals surface area contributed by atoms with Crippen LogP contribution in [0.15, 0.2) is 24.5 Å². The summed E-state index contributed by atoms with van der Waals surface area (Å²) in [5.41, 5.74) is 0.869. The SMILES string of the molecule is CN(c1ncnc2ccc(Cl)cc12)C1CCCC1O. The zero-order valence-corrected chi connectivity index (χ0v) is 11.5. The summed E-state index contributed by atoms with van der Waals surface area (Å²) >= 11 is 6.06. The summed E-state index contributed by atoms with van der Waals surface area (Å²) in [5.74, 6) is 0.832. The van der Waals surface area contributed by atoms with Crippen LogP contribution in [-0.4, -0.2) is 34.3 Å². The third-order valence-electron chi connectivity index (χ3n) is 3.85. The molecule has 1 aromatic carbocycles. The van der Waals surface area contributed by atoms with Gasteiger partial charge in [0.15, 0.2) is 0 Å². The Kier molecular flexibility index (Phi) is 3.29. The molecule has 1 aliphatic rings. The summed E-state index contributed by atoms with van der Waals surface area (Å²) in [5, 5.41) is 11.6. The van der Waals surface area contributed by atoms with Crippen LogP contribution in [0.25, 0.3) is 10.9 Å². The maximum Gasteiger partial charge on any atom is 0.140 e. The van der Waals surface area contributed by atoms with Crippen LogP contribution < -0.4 is 4.90 Å². The van der Waals surface area contributed by atoms with Gasteiger partial charge >= 0.3 is 0 Å². The fourth-order valence-electron chi connectivity index (χ4n) is 2.83. The van der Waals surface area contributed by atoms with Crippen LogP contribution >= 0.6 is 11.6 Å². The molecule has 1 heterocycles. The predicted molar refractivity (Wildman–Crippen MR) is 76.6 cm³/mol. The predicted octanol–water partition coefficient (Wildman–Crippen LogP) is 2.63. The van der Waals surface area contributed by atoms with E-state index in [4.69, 9.17) is 11.6 Å². The molecule has 2 atom stereocenters. The topological polar surface area (TPSA) is 49.2 Å². The van der Waals surface area contributed by atoms with Gasteiger partial charge in [-0.25, -0.2) is 9.97 Å². The highest BCUT2D eigenvalue weighted by Gasteiger charge is 2.30. The largest absolute Gasteiger partial charge is 0.391 e. The van der Waals surface area contributed by atoms with Crippen LogP contribution in [0.1, 0.15) is 19.3 Å². The molecule has 2 aromatic rings. The number of hydrogen-bond donors (Lipinski definition) is 1. The van der Waals surface area contributed by atoms with Crippen LogP contribution in [0, 0.1) is 0 Å². The zero-order chi connectivity index (χ0) is 13.4. The monoisotopic (exact) mass is 277 g/mol. The van der Waals surface area contributed by atoms with E-state index >= 15 is 0 Å². The molecule has 4 nitrogen and oxygen atoms in total. The summed E-state index contributed by atoms with van der Waals surface area (Å²) in [6.45, 7) is 0. The van der Waals surface area contributed by atoms with E-state index < -0.39 is 0 Å². The fourth-order valence-corrected chi connectivity index (χ4v) is 3.00. The first-order chi connectivity index (χ1) is 9.16. The molecule has 100 valence electrons. The van der Waals surface area contributed by atoms with Gasteiger partial charge in [0, 0.05) is 17.5 Å². The number of anilines is 1. The van der Waals surface area contributed by atoms with Gasteiger partial charge in [-0.3, -0.25) is 0 Å². The van der Waals surface area contributed by atoms with Crippen molar-refractivity contribution < 1.29 is 5.11 Å². The first-order valence-electron chi connectivity index (χ1n) is 6.48. The molecule has 5 heteroatoms. The van der Waals surface area contributed by atoms with Gasteiger partial charge in [0.25, 0.3) is 0 Å². The van der Waals surface area contributed by atoms with E-state index in [1.165, 1.54) is 0 Å². The van der Waals surface area contributed by atoms with Crippen molar-refractivity contribution in [2.24, 2.45) is 0 Å². The number of likely N-dealkylation sites (N-methyl/N-ethyl adjacent to an activating group) is 1. The molecule has 0 bridgehead atoms. The number of aromatic nitrogens is 2. The van der Waals surface area contributed by atoms with E-state index in [1.54, 1.807) is 6.33 Å². The highest BCUT2D eigenvalue weighted by atomic mass is 35.5. The summed E-state index contributed by atoms with van der Waals surface area (Å²) < 4.78 is 0. The highest BCUT2D eigenvalue weighted by Crippen LogP contribution is 2.31. The third kappa shape index (κ3) is 2.26. The van der Waals surface area contributed by atoms with Gasteiger partial charge in [-0.2, -0.15) is 0 Å². The van der Waals surface area contributed by atoms with E-state index in [2.05, 4.69) is 14.9 Å². The Hall–Kier alpha value is -1.39. The first kappa shape index (κ1) is 12.6. The maximum absolute atomic E-state index is 10.0. The molecule has 0 saturated heterocycles. The minimum absolute atomic E-state index is 0.122. The maximum atomic E-state index is 10.0. The van der Waals surface area contributed by atoms with E-state index in [0.29, 0.717) is 5.02 Å². The van der Waals surface area contributed by atoms with Crippen molar-refractivity contribution in [3.05, 3.63) is 29.5 Å². The second-order valence-corrected chi connectivity index (χ2v) is 5.47. The minimum Gasteiger partial charge on any atom is -0.391 e. The third-order valence-corrected chi connectivity index (χ3v) is 4.09. The number of rotatable bonds is 2. The Labute approximate surface area is 117 Å². The summed E-state index contributed by atoms with van der Waals surface area (Å²) in [6, 6.07) is 5.72. The van der Waals surface area contributed by atoms with Gasteiger partial charge in [-0.15, -0.1) is 0 Å². The van der Waals surface area contributed by atoms with Crippen molar-refractivity contribution in [1.82, 2.24) is 9.97 Å². The number of fused-ring (bicyclic) bond motifs is 1. The number of halogens is 1. The average Bonchev–Trinajstić information content (AvgIpc) is 2.83.